The predicted octanol–water partition coefficient (Wildman–Crippen LogP) is 7.14. The first kappa shape index (κ1) is 31.3. The van der Waals surface area contributed by atoms with Crippen LogP contribution in [0, 0.1) is 10.1 Å². The normalized spacial score (nSPS) is 11.4. The van der Waals surface area contributed by atoms with Crippen LogP contribution in [0.25, 0.3) is 0 Å². The van der Waals surface area contributed by atoms with Gasteiger partial charge in [0.2, 0.25) is 5.91 Å². The Morgan fingerprint density at radius 3 is 2.63 bits per heavy atom. The van der Waals surface area contributed by atoms with E-state index in [4.69, 9.17) is 21.1 Å². The van der Waals surface area contributed by atoms with E-state index in [0.717, 1.165) is 23.5 Å². The summed E-state index contributed by atoms with van der Waals surface area (Å²) in [4.78, 5) is 27.0. The highest BCUT2D eigenvalue weighted by molar-refractivity contribution is 7.13. The summed E-state index contributed by atoms with van der Waals surface area (Å²) in [6.45, 7) is 2.20. The molecule has 2 N–H and O–H groups in total. The molecule has 3 aromatic carbocycles. The fourth-order valence-corrected chi connectivity index (χ4v) is 4.66. The number of rotatable bonds is 12. The van der Waals surface area contributed by atoms with Crippen molar-refractivity contribution < 1.29 is 32.4 Å². The first-order valence-electron chi connectivity index (χ1n) is 12.5. The van der Waals surface area contributed by atoms with Crippen molar-refractivity contribution in [3.63, 3.8) is 0 Å². The van der Waals surface area contributed by atoms with E-state index in [1.807, 2.05) is 0 Å². The lowest BCUT2D eigenvalue weighted by molar-refractivity contribution is -0.384. The van der Waals surface area contributed by atoms with Gasteiger partial charge in [0, 0.05) is 23.2 Å². The molecule has 0 unspecified atom stereocenters. The largest absolute Gasteiger partial charge is 0.490 e. The molecule has 0 spiro atoms. The number of carbonyl (C=O) groups is 1. The predicted molar refractivity (Wildman–Crippen MR) is 156 cm³/mol. The lowest BCUT2D eigenvalue weighted by atomic mass is 10.2. The highest BCUT2D eigenvalue weighted by atomic mass is 35.5. The van der Waals surface area contributed by atoms with E-state index in [9.17, 15) is 28.1 Å². The standard InChI is InChI=1S/C28H23ClF3N5O5S/c1-2-41-24-11-18(10-23(29)26(24)42-15-17-6-8-22(9-7-17)37(39)40)14-33-36-25(38)13-21-16-43-27(35-21)34-20-5-3-4-19(12-20)28(30,31)32/h3-12,14,16H,2,13,15H2,1H3,(H,34,35)(H,36,38)/b33-14-. The third-order valence-corrected chi connectivity index (χ3v) is 6.69. The Kier molecular flexibility index (Phi) is 10.2. The molecule has 0 radical (unpaired) electrons. The molecule has 0 aliphatic rings. The summed E-state index contributed by atoms with van der Waals surface area (Å²) in [6.07, 6.45) is -3.21. The molecular formula is C28H23ClF3N5O5S. The van der Waals surface area contributed by atoms with Crippen LogP contribution in [-0.4, -0.2) is 28.6 Å². The van der Waals surface area contributed by atoms with Gasteiger partial charge in [0.1, 0.15) is 6.61 Å². The number of hydrogen-bond acceptors (Lipinski definition) is 9. The van der Waals surface area contributed by atoms with Gasteiger partial charge in [0.05, 0.1) is 40.4 Å². The molecular weight excluding hydrogens is 611 g/mol. The third-order valence-electron chi connectivity index (χ3n) is 5.60. The molecule has 1 aromatic heterocycles. The number of nitrogens with zero attached hydrogens (tertiary/aromatic N) is 3. The Morgan fingerprint density at radius 1 is 1.16 bits per heavy atom. The van der Waals surface area contributed by atoms with E-state index >= 15 is 0 Å². The van der Waals surface area contributed by atoms with Crippen molar-refractivity contribution >= 4 is 51.6 Å². The van der Waals surface area contributed by atoms with Crippen LogP contribution in [-0.2, 0) is 24.0 Å². The first-order chi connectivity index (χ1) is 20.5. The number of thiazole rings is 1. The molecule has 0 atom stereocenters. The Labute approximate surface area is 252 Å². The van der Waals surface area contributed by atoms with Crippen molar-refractivity contribution in [2.75, 3.05) is 11.9 Å². The summed E-state index contributed by atoms with van der Waals surface area (Å²) < 4.78 is 50.3. The fraction of sp³-hybridized carbons (Fsp3) is 0.179. The highest BCUT2D eigenvalue weighted by Crippen LogP contribution is 2.37. The number of anilines is 2. The molecule has 0 saturated carbocycles. The van der Waals surface area contributed by atoms with Crippen LogP contribution >= 0.6 is 22.9 Å². The Bertz CT molecular complexity index is 1630. The number of halogens is 4. The van der Waals surface area contributed by atoms with Gasteiger partial charge in [-0.05, 0) is 60.5 Å². The van der Waals surface area contributed by atoms with E-state index in [2.05, 4.69) is 20.8 Å². The molecule has 0 bridgehead atoms. The maximum atomic E-state index is 12.9. The summed E-state index contributed by atoms with van der Waals surface area (Å²) >= 11 is 7.58. The van der Waals surface area contributed by atoms with Gasteiger partial charge in [-0.2, -0.15) is 18.3 Å². The number of nitrogens with one attached hydrogen (secondary N) is 2. The van der Waals surface area contributed by atoms with Crippen LogP contribution in [0.4, 0.5) is 29.7 Å². The number of hydrazone groups is 1. The monoisotopic (exact) mass is 633 g/mol. The minimum Gasteiger partial charge on any atom is -0.490 e. The average Bonchev–Trinajstić information content (AvgIpc) is 3.39. The average molecular weight is 634 g/mol. The van der Waals surface area contributed by atoms with Gasteiger partial charge in [-0.3, -0.25) is 14.9 Å². The molecule has 1 heterocycles. The minimum absolute atomic E-state index is 0.0325. The van der Waals surface area contributed by atoms with Gasteiger partial charge >= 0.3 is 6.18 Å². The summed E-state index contributed by atoms with van der Waals surface area (Å²) in [5, 5.41) is 19.8. The van der Waals surface area contributed by atoms with Crippen LogP contribution in [0.2, 0.25) is 5.02 Å². The van der Waals surface area contributed by atoms with E-state index in [1.54, 1.807) is 36.6 Å². The van der Waals surface area contributed by atoms with Gasteiger partial charge in [-0.15, -0.1) is 11.3 Å². The van der Waals surface area contributed by atoms with Gasteiger partial charge < -0.3 is 14.8 Å². The number of amides is 1. The van der Waals surface area contributed by atoms with Crippen molar-refractivity contribution in [3.8, 4) is 11.5 Å². The number of alkyl halides is 3. The zero-order valence-corrected chi connectivity index (χ0v) is 23.9. The molecule has 4 aromatic rings. The highest BCUT2D eigenvalue weighted by Gasteiger charge is 2.30. The van der Waals surface area contributed by atoms with Crippen molar-refractivity contribution in [1.29, 1.82) is 0 Å². The minimum atomic E-state index is -4.47. The molecule has 43 heavy (non-hydrogen) atoms. The second-order valence-electron chi connectivity index (χ2n) is 8.79. The Balaban J connectivity index is 1.34. The summed E-state index contributed by atoms with van der Waals surface area (Å²) in [5.41, 5.74) is 3.40. The molecule has 0 aliphatic carbocycles. The molecule has 0 saturated heterocycles. The molecule has 15 heteroatoms. The van der Waals surface area contributed by atoms with Crippen LogP contribution in [0.5, 0.6) is 11.5 Å². The summed E-state index contributed by atoms with van der Waals surface area (Å²) in [6, 6.07) is 13.8. The maximum Gasteiger partial charge on any atom is 0.416 e. The number of non-ortho nitro benzene ring substituents is 1. The van der Waals surface area contributed by atoms with Crippen molar-refractivity contribution in [2.24, 2.45) is 5.10 Å². The molecule has 10 nitrogen and oxygen atoms in total. The number of ether oxygens (including phenoxy) is 2. The molecule has 4 rings (SSSR count). The molecule has 0 aliphatic heterocycles. The number of aromatic nitrogens is 1. The number of nitro benzene ring substituents is 1. The SMILES string of the molecule is CCOc1cc(/C=N\NC(=O)Cc2csc(Nc3cccc(C(F)(F)F)c3)n2)cc(Cl)c1OCc1ccc([N+](=O)[O-])cc1. The van der Waals surface area contributed by atoms with Gasteiger partial charge in [0.15, 0.2) is 16.6 Å². The number of carbonyl (C=O) groups excluding carboxylic acids is 1. The van der Waals surface area contributed by atoms with Crippen LogP contribution in [0.15, 0.2) is 71.1 Å². The van der Waals surface area contributed by atoms with Crippen molar-refractivity contribution in [2.45, 2.75) is 26.1 Å². The van der Waals surface area contributed by atoms with Gasteiger partial charge in [-0.25, -0.2) is 10.4 Å². The van der Waals surface area contributed by atoms with Gasteiger partial charge in [0.25, 0.3) is 5.69 Å². The first-order valence-corrected chi connectivity index (χ1v) is 13.8. The lowest BCUT2D eigenvalue weighted by Gasteiger charge is -2.14. The topological polar surface area (TPSA) is 128 Å². The van der Waals surface area contributed by atoms with Crippen molar-refractivity contribution in [3.05, 3.63) is 104 Å². The summed E-state index contributed by atoms with van der Waals surface area (Å²) in [5.74, 6) is 0.153. The Hall–Kier alpha value is -4.69. The maximum absolute atomic E-state index is 12.9. The van der Waals surface area contributed by atoms with Crippen LogP contribution < -0.4 is 20.2 Å². The van der Waals surface area contributed by atoms with Crippen LogP contribution in [0.1, 0.15) is 29.3 Å². The fourth-order valence-electron chi connectivity index (χ4n) is 3.66. The van der Waals surface area contributed by atoms with E-state index in [0.29, 0.717) is 34.3 Å². The second-order valence-corrected chi connectivity index (χ2v) is 10.1. The van der Waals surface area contributed by atoms with E-state index in [1.165, 1.54) is 30.5 Å². The number of nitro groups is 1. The molecule has 224 valence electrons. The Morgan fingerprint density at radius 2 is 1.93 bits per heavy atom. The molecule has 1 amide bonds. The van der Waals surface area contributed by atoms with E-state index in [-0.39, 0.29) is 35.2 Å². The second kappa shape index (κ2) is 14.0. The smallest absolute Gasteiger partial charge is 0.416 e. The zero-order valence-electron chi connectivity index (χ0n) is 22.4. The number of hydrogen-bond donors (Lipinski definition) is 2. The van der Waals surface area contributed by atoms with Crippen molar-refractivity contribution in [1.82, 2.24) is 10.4 Å². The quantitative estimate of drug-likeness (QED) is 0.0964. The van der Waals surface area contributed by atoms with Crippen LogP contribution in [0.3, 0.4) is 0 Å². The van der Waals surface area contributed by atoms with E-state index < -0.39 is 22.6 Å². The molecule has 0 fully saturated rings. The summed E-state index contributed by atoms with van der Waals surface area (Å²) in [7, 11) is 0. The lowest BCUT2D eigenvalue weighted by Crippen LogP contribution is -2.20. The third kappa shape index (κ3) is 8.90. The zero-order chi connectivity index (χ0) is 31.0. The van der Waals surface area contributed by atoms with Gasteiger partial charge in [-0.1, -0.05) is 17.7 Å². The number of benzene rings is 3.